The summed E-state index contributed by atoms with van der Waals surface area (Å²) in [6.45, 7) is 1.90. The molecule has 0 spiro atoms. The van der Waals surface area contributed by atoms with Gasteiger partial charge in [0.05, 0.1) is 0 Å². The van der Waals surface area contributed by atoms with Gasteiger partial charge in [0.25, 0.3) is 5.91 Å². The molecule has 0 aliphatic heterocycles. The largest absolute Gasteiger partial charge is 0.396 e. The van der Waals surface area contributed by atoms with Crippen molar-refractivity contribution in [1.29, 1.82) is 0 Å². The van der Waals surface area contributed by atoms with Gasteiger partial charge in [-0.3, -0.25) is 9.00 Å². The molecular weight excluding hydrogens is 250 g/mol. The van der Waals surface area contributed by atoms with Gasteiger partial charge in [-0.25, -0.2) is 0 Å². The molecule has 0 saturated carbocycles. The van der Waals surface area contributed by atoms with Crippen LogP contribution in [0.1, 0.15) is 29.3 Å². The molecule has 0 aliphatic carbocycles. The van der Waals surface area contributed by atoms with Crippen LogP contribution in [0.15, 0.2) is 24.3 Å². The number of aliphatic hydroxyl groups is 1. The van der Waals surface area contributed by atoms with Crippen LogP contribution < -0.4 is 5.32 Å². The number of hydrogen-bond acceptors (Lipinski definition) is 3. The van der Waals surface area contributed by atoms with Crippen molar-refractivity contribution in [3.8, 4) is 0 Å². The lowest BCUT2D eigenvalue weighted by Crippen LogP contribution is -2.33. The molecule has 0 fully saturated rings. The van der Waals surface area contributed by atoms with Gasteiger partial charge >= 0.3 is 0 Å². The maximum Gasteiger partial charge on any atom is 0.251 e. The average molecular weight is 269 g/mol. The minimum Gasteiger partial charge on any atom is -0.396 e. The van der Waals surface area contributed by atoms with Crippen LogP contribution in [0.3, 0.4) is 0 Å². The van der Waals surface area contributed by atoms with E-state index in [1.807, 2.05) is 13.0 Å². The second-order valence-electron chi connectivity index (χ2n) is 4.30. The summed E-state index contributed by atoms with van der Waals surface area (Å²) in [6, 6.07) is 7.06. The molecule has 0 saturated heterocycles. The van der Waals surface area contributed by atoms with Gasteiger partial charge in [-0.2, -0.15) is 0 Å². The SMILES string of the molecule is CC(CCO)NC(=O)c1cccc(CS(C)=O)c1. The van der Waals surface area contributed by atoms with Gasteiger partial charge in [0.15, 0.2) is 0 Å². The second kappa shape index (κ2) is 7.28. The Balaban J connectivity index is 2.70. The Hall–Kier alpha value is -1.20. The van der Waals surface area contributed by atoms with E-state index in [1.165, 1.54) is 0 Å². The molecule has 0 radical (unpaired) electrons. The Labute approximate surface area is 110 Å². The molecule has 1 aromatic rings. The quantitative estimate of drug-likeness (QED) is 0.811. The van der Waals surface area contributed by atoms with Gasteiger partial charge in [0, 0.05) is 41.0 Å². The van der Waals surface area contributed by atoms with Crippen molar-refractivity contribution in [2.24, 2.45) is 0 Å². The predicted octanol–water partition coefficient (Wildman–Crippen LogP) is 1.07. The topological polar surface area (TPSA) is 66.4 Å². The zero-order valence-electron chi connectivity index (χ0n) is 10.7. The van der Waals surface area contributed by atoms with E-state index in [-0.39, 0.29) is 18.6 Å². The van der Waals surface area contributed by atoms with Crippen molar-refractivity contribution in [1.82, 2.24) is 5.32 Å². The maximum atomic E-state index is 11.9. The summed E-state index contributed by atoms with van der Waals surface area (Å²) in [4.78, 5) is 11.9. The molecule has 0 aliphatic rings. The van der Waals surface area contributed by atoms with Crippen molar-refractivity contribution in [3.05, 3.63) is 35.4 Å². The first kappa shape index (κ1) is 14.9. The van der Waals surface area contributed by atoms with E-state index in [1.54, 1.807) is 24.5 Å². The van der Waals surface area contributed by atoms with Gasteiger partial charge in [-0.05, 0) is 31.0 Å². The molecule has 1 amide bonds. The normalized spacial score (nSPS) is 13.9. The standard InChI is InChI=1S/C13H19NO3S/c1-10(6-7-15)14-13(16)12-5-3-4-11(8-12)9-18(2)17/h3-5,8,10,15H,6-7,9H2,1-2H3,(H,14,16). The molecule has 2 unspecified atom stereocenters. The zero-order valence-corrected chi connectivity index (χ0v) is 11.5. The number of amides is 1. The van der Waals surface area contributed by atoms with Crippen LogP contribution >= 0.6 is 0 Å². The summed E-state index contributed by atoms with van der Waals surface area (Å²) in [6.07, 6.45) is 2.17. The van der Waals surface area contributed by atoms with Crippen LogP contribution in [0.5, 0.6) is 0 Å². The average Bonchev–Trinajstić information content (AvgIpc) is 2.28. The van der Waals surface area contributed by atoms with Crippen molar-refractivity contribution in [2.45, 2.75) is 25.1 Å². The molecule has 2 N–H and O–H groups in total. The predicted molar refractivity (Wildman–Crippen MR) is 72.8 cm³/mol. The number of carbonyl (C=O) groups is 1. The minimum atomic E-state index is -0.917. The van der Waals surface area contributed by atoms with Gasteiger partial charge in [0.1, 0.15) is 0 Å². The van der Waals surface area contributed by atoms with Crippen LogP contribution in [0.25, 0.3) is 0 Å². The molecule has 18 heavy (non-hydrogen) atoms. The number of benzene rings is 1. The van der Waals surface area contributed by atoms with E-state index >= 15 is 0 Å². The number of rotatable bonds is 6. The molecule has 0 aromatic heterocycles. The lowest BCUT2D eigenvalue weighted by atomic mass is 10.1. The number of aliphatic hydroxyl groups excluding tert-OH is 1. The summed E-state index contributed by atoms with van der Waals surface area (Å²) in [5.74, 6) is 0.285. The summed E-state index contributed by atoms with van der Waals surface area (Å²) >= 11 is 0. The monoisotopic (exact) mass is 269 g/mol. The van der Waals surface area contributed by atoms with E-state index in [4.69, 9.17) is 5.11 Å². The highest BCUT2D eigenvalue weighted by Gasteiger charge is 2.10. The van der Waals surface area contributed by atoms with Crippen LogP contribution in [0.4, 0.5) is 0 Å². The van der Waals surface area contributed by atoms with Crippen LogP contribution in [-0.4, -0.2) is 34.1 Å². The summed E-state index contributed by atoms with van der Waals surface area (Å²) < 4.78 is 11.1. The zero-order chi connectivity index (χ0) is 13.5. The lowest BCUT2D eigenvalue weighted by molar-refractivity contribution is 0.0934. The molecule has 4 nitrogen and oxygen atoms in total. The van der Waals surface area contributed by atoms with Crippen LogP contribution in [0, 0.1) is 0 Å². The third-order valence-electron chi connectivity index (χ3n) is 2.50. The summed E-state index contributed by atoms with van der Waals surface area (Å²) in [5, 5.41) is 11.6. The Morgan fingerprint density at radius 2 is 2.22 bits per heavy atom. The van der Waals surface area contributed by atoms with E-state index in [0.29, 0.717) is 17.7 Å². The molecule has 100 valence electrons. The fraction of sp³-hybridized carbons (Fsp3) is 0.462. The number of hydrogen-bond donors (Lipinski definition) is 2. The fourth-order valence-electron chi connectivity index (χ4n) is 1.61. The molecular formula is C13H19NO3S. The molecule has 0 heterocycles. The van der Waals surface area contributed by atoms with Crippen molar-refractivity contribution in [3.63, 3.8) is 0 Å². The van der Waals surface area contributed by atoms with Gasteiger partial charge in [-0.1, -0.05) is 12.1 Å². The van der Waals surface area contributed by atoms with Gasteiger partial charge in [-0.15, -0.1) is 0 Å². The van der Waals surface area contributed by atoms with E-state index < -0.39 is 10.8 Å². The smallest absolute Gasteiger partial charge is 0.251 e. The summed E-state index contributed by atoms with van der Waals surface area (Å²) in [7, 11) is -0.917. The number of carbonyl (C=O) groups excluding carboxylic acids is 1. The molecule has 0 bridgehead atoms. The second-order valence-corrected chi connectivity index (χ2v) is 5.74. The third kappa shape index (κ3) is 4.98. The Bertz CT molecular complexity index is 434. The first-order chi connectivity index (χ1) is 8.52. The van der Waals surface area contributed by atoms with Crippen molar-refractivity contribution >= 4 is 16.7 Å². The Kier molecular flexibility index (Phi) is 6.01. The van der Waals surface area contributed by atoms with E-state index in [9.17, 15) is 9.00 Å². The highest BCUT2D eigenvalue weighted by Crippen LogP contribution is 2.08. The molecule has 5 heteroatoms. The molecule has 1 rings (SSSR count). The van der Waals surface area contributed by atoms with E-state index in [2.05, 4.69) is 5.32 Å². The van der Waals surface area contributed by atoms with Gasteiger partial charge < -0.3 is 10.4 Å². The van der Waals surface area contributed by atoms with E-state index in [0.717, 1.165) is 5.56 Å². The first-order valence-electron chi connectivity index (χ1n) is 5.83. The number of nitrogens with one attached hydrogen (secondary N) is 1. The Morgan fingerprint density at radius 1 is 1.50 bits per heavy atom. The first-order valence-corrected chi connectivity index (χ1v) is 7.56. The van der Waals surface area contributed by atoms with Crippen molar-refractivity contribution in [2.75, 3.05) is 12.9 Å². The molecule has 2 atom stereocenters. The van der Waals surface area contributed by atoms with Gasteiger partial charge in [0.2, 0.25) is 0 Å². The van der Waals surface area contributed by atoms with Crippen molar-refractivity contribution < 1.29 is 14.1 Å². The molecule has 1 aromatic carbocycles. The van der Waals surface area contributed by atoms with Crippen LogP contribution in [-0.2, 0) is 16.6 Å². The highest BCUT2D eigenvalue weighted by molar-refractivity contribution is 7.83. The Morgan fingerprint density at radius 3 is 2.83 bits per heavy atom. The highest BCUT2D eigenvalue weighted by atomic mass is 32.2. The lowest BCUT2D eigenvalue weighted by Gasteiger charge is -2.12. The van der Waals surface area contributed by atoms with Crippen LogP contribution in [0.2, 0.25) is 0 Å². The third-order valence-corrected chi connectivity index (χ3v) is 3.24. The fourth-order valence-corrected chi connectivity index (χ4v) is 2.26. The summed E-state index contributed by atoms with van der Waals surface area (Å²) in [5.41, 5.74) is 1.45. The maximum absolute atomic E-state index is 11.9. The minimum absolute atomic E-state index is 0.0519.